The zero-order valence-electron chi connectivity index (χ0n) is 10.6. The van der Waals surface area contributed by atoms with Crippen molar-refractivity contribution in [3.8, 4) is 0 Å². The molecular weight excluding hydrogens is 298 g/mol. The van der Waals surface area contributed by atoms with E-state index in [0.717, 1.165) is 15.6 Å². The van der Waals surface area contributed by atoms with Gasteiger partial charge >= 0.3 is 0 Å². The van der Waals surface area contributed by atoms with E-state index in [-0.39, 0.29) is 18.7 Å². The number of hydrogen-bond acceptors (Lipinski definition) is 4. The lowest BCUT2D eigenvalue weighted by atomic mass is 10.1. The fraction of sp³-hybridized carbons (Fsp3) is 0.286. The minimum absolute atomic E-state index is 0.0928. The second-order valence-corrected chi connectivity index (χ2v) is 5.75. The van der Waals surface area contributed by atoms with Crippen molar-refractivity contribution >= 4 is 44.9 Å². The highest BCUT2D eigenvalue weighted by Crippen LogP contribution is 2.28. The Morgan fingerprint density at radius 1 is 1.30 bits per heavy atom. The topological polar surface area (TPSA) is 69.2 Å². The lowest BCUT2D eigenvalue weighted by Crippen LogP contribution is -2.25. The Kier molecular flexibility index (Phi) is 4.98. The molecule has 0 aliphatic carbocycles. The van der Waals surface area contributed by atoms with E-state index >= 15 is 0 Å². The Labute approximate surface area is 125 Å². The maximum Gasteiger partial charge on any atom is 0.220 e. The molecule has 4 nitrogen and oxygen atoms in total. The van der Waals surface area contributed by atoms with E-state index in [2.05, 4.69) is 5.32 Å². The van der Waals surface area contributed by atoms with E-state index in [0.29, 0.717) is 18.0 Å². The summed E-state index contributed by atoms with van der Waals surface area (Å²) in [7, 11) is 0. The SMILES string of the molecule is O=C([O-])CCCC(=O)NCc1csc2ccc(Cl)cc12. The average Bonchev–Trinajstić information content (AvgIpc) is 2.78. The first-order valence-electron chi connectivity index (χ1n) is 6.18. The highest BCUT2D eigenvalue weighted by Gasteiger charge is 2.07. The van der Waals surface area contributed by atoms with Crippen molar-refractivity contribution in [1.82, 2.24) is 5.32 Å². The summed E-state index contributed by atoms with van der Waals surface area (Å²) in [6.45, 7) is 0.421. The summed E-state index contributed by atoms with van der Waals surface area (Å²) in [4.78, 5) is 21.8. The van der Waals surface area contributed by atoms with Crippen molar-refractivity contribution in [2.75, 3.05) is 0 Å². The quantitative estimate of drug-likeness (QED) is 0.888. The van der Waals surface area contributed by atoms with Crippen LogP contribution in [0.3, 0.4) is 0 Å². The summed E-state index contributed by atoms with van der Waals surface area (Å²) in [5.41, 5.74) is 1.01. The highest BCUT2D eigenvalue weighted by atomic mass is 35.5. The number of halogens is 1. The second kappa shape index (κ2) is 6.72. The summed E-state index contributed by atoms with van der Waals surface area (Å²) >= 11 is 7.56. The highest BCUT2D eigenvalue weighted by molar-refractivity contribution is 7.17. The molecule has 20 heavy (non-hydrogen) atoms. The van der Waals surface area contributed by atoms with E-state index < -0.39 is 5.97 Å². The van der Waals surface area contributed by atoms with Crippen molar-refractivity contribution in [3.05, 3.63) is 34.2 Å². The van der Waals surface area contributed by atoms with Gasteiger partial charge in [0.05, 0.1) is 0 Å². The van der Waals surface area contributed by atoms with Crippen molar-refractivity contribution in [2.45, 2.75) is 25.8 Å². The third kappa shape index (κ3) is 3.95. The van der Waals surface area contributed by atoms with Crippen LogP contribution in [0.15, 0.2) is 23.6 Å². The summed E-state index contributed by atoms with van der Waals surface area (Å²) in [5, 5.41) is 16.7. The van der Waals surface area contributed by atoms with Crippen molar-refractivity contribution in [2.24, 2.45) is 0 Å². The second-order valence-electron chi connectivity index (χ2n) is 4.40. The number of rotatable bonds is 6. The minimum Gasteiger partial charge on any atom is -0.550 e. The molecule has 0 spiro atoms. The Morgan fingerprint density at radius 2 is 2.10 bits per heavy atom. The van der Waals surface area contributed by atoms with Gasteiger partial charge in [-0.2, -0.15) is 0 Å². The van der Waals surface area contributed by atoms with Gasteiger partial charge in [0.2, 0.25) is 5.91 Å². The summed E-state index contributed by atoms with van der Waals surface area (Å²) in [6, 6.07) is 5.67. The predicted molar refractivity (Wildman–Crippen MR) is 77.5 cm³/mol. The van der Waals surface area contributed by atoms with E-state index in [9.17, 15) is 14.7 Å². The van der Waals surface area contributed by atoms with Crippen LogP contribution in [0.4, 0.5) is 0 Å². The van der Waals surface area contributed by atoms with E-state index in [1.165, 1.54) is 0 Å². The van der Waals surface area contributed by atoms with Crippen LogP contribution in [0.25, 0.3) is 10.1 Å². The number of fused-ring (bicyclic) bond motifs is 1. The molecule has 0 aliphatic heterocycles. The molecule has 6 heteroatoms. The van der Waals surface area contributed by atoms with E-state index in [1.807, 2.05) is 23.6 Å². The van der Waals surface area contributed by atoms with Crippen LogP contribution in [0.5, 0.6) is 0 Å². The number of carbonyl (C=O) groups is 2. The Hall–Kier alpha value is -1.59. The molecule has 0 bridgehead atoms. The van der Waals surface area contributed by atoms with Crippen molar-refractivity contribution in [1.29, 1.82) is 0 Å². The number of carboxylic acid groups (broad SMARTS) is 1. The van der Waals surface area contributed by atoms with Gasteiger partial charge in [-0.25, -0.2) is 0 Å². The molecule has 1 N–H and O–H groups in total. The number of hydrogen-bond donors (Lipinski definition) is 1. The first kappa shape index (κ1) is 14.8. The van der Waals surface area contributed by atoms with Gasteiger partial charge in [0.15, 0.2) is 0 Å². The van der Waals surface area contributed by atoms with Gasteiger partial charge in [-0.05, 0) is 47.4 Å². The van der Waals surface area contributed by atoms with Crippen LogP contribution in [0.1, 0.15) is 24.8 Å². The van der Waals surface area contributed by atoms with Crippen molar-refractivity contribution < 1.29 is 14.7 Å². The molecule has 0 radical (unpaired) electrons. The number of thiophene rings is 1. The van der Waals surface area contributed by atoms with Gasteiger partial charge in [-0.15, -0.1) is 11.3 Å². The molecule has 2 aromatic rings. The van der Waals surface area contributed by atoms with Gasteiger partial charge in [0.1, 0.15) is 0 Å². The zero-order chi connectivity index (χ0) is 14.5. The molecule has 0 saturated carbocycles. The van der Waals surface area contributed by atoms with Crippen LogP contribution < -0.4 is 10.4 Å². The normalized spacial score (nSPS) is 10.7. The number of amides is 1. The molecule has 1 heterocycles. The molecule has 1 aromatic carbocycles. The molecule has 106 valence electrons. The Morgan fingerprint density at radius 3 is 2.85 bits per heavy atom. The summed E-state index contributed by atoms with van der Waals surface area (Å²) in [6.07, 6.45) is 0.394. The zero-order valence-corrected chi connectivity index (χ0v) is 12.2. The number of benzene rings is 1. The number of carboxylic acids is 1. The Bertz CT molecular complexity index is 638. The van der Waals surface area contributed by atoms with E-state index in [1.54, 1.807) is 11.3 Å². The van der Waals surface area contributed by atoms with Gasteiger partial charge in [0, 0.05) is 28.7 Å². The lowest BCUT2D eigenvalue weighted by molar-refractivity contribution is -0.305. The molecule has 0 saturated heterocycles. The van der Waals surface area contributed by atoms with Gasteiger partial charge < -0.3 is 15.2 Å². The first-order valence-corrected chi connectivity index (χ1v) is 7.44. The maximum absolute atomic E-state index is 11.6. The van der Waals surface area contributed by atoms with Crippen LogP contribution in [0.2, 0.25) is 5.02 Å². The van der Waals surface area contributed by atoms with Gasteiger partial charge in [-0.3, -0.25) is 4.79 Å². The monoisotopic (exact) mass is 310 g/mol. The maximum atomic E-state index is 11.6. The number of nitrogens with one attached hydrogen (secondary N) is 1. The average molecular weight is 311 g/mol. The van der Waals surface area contributed by atoms with E-state index in [4.69, 9.17) is 11.6 Å². The largest absolute Gasteiger partial charge is 0.550 e. The van der Waals surface area contributed by atoms with Crippen LogP contribution in [0, 0.1) is 0 Å². The molecule has 1 amide bonds. The summed E-state index contributed by atoms with van der Waals surface area (Å²) in [5.74, 6) is -1.29. The fourth-order valence-electron chi connectivity index (χ4n) is 1.87. The lowest BCUT2D eigenvalue weighted by Gasteiger charge is -2.05. The van der Waals surface area contributed by atoms with Gasteiger partial charge in [0.25, 0.3) is 0 Å². The molecule has 0 fully saturated rings. The van der Waals surface area contributed by atoms with Crippen LogP contribution in [-0.4, -0.2) is 11.9 Å². The molecule has 1 aromatic heterocycles. The summed E-state index contributed by atoms with van der Waals surface area (Å²) < 4.78 is 1.12. The van der Waals surface area contributed by atoms with Crippen LogP contribution in [-0.2, 0) is 16.1 Å². The number of carbonyl (C=O) groups excluding carboxylic acids is 2. The van der Waals surface area contributed by atoms with Crippen LogP contribution >= 0.6 is 22.9 Å². The van der Waals surface area contributed by atoms with Gasteiger partial charge in [-0.1, -0.05) is 11.6 Å². The smallest absolute Gasteiger partial charge is 0.220 e. The third-order valence-electron chi connectivity index (χ3n) is 2.88. The number of aliphatic carboxylic acids is 1. The molecule has 2 rings (SSSR count). The Balaban J connectivity index is 1.91. The standard InChI is InChI=1S/C14H14ClNO3S/c15-10-4-5-12-11(6-10)9(8-20-12)7-16-13(17)2-1-3-14(18)19/h4-6,8H,1-3,7H2,(H,16,17)(H,18,19)/p-1. The molecule has 0 atom stereocenters. The first-order chi connectivity index (χ1) is 9.56. The minimum atomic E-state index is -1.13. The predicted octanol–water partition coefficient (Wildman–Crippen LogP) is 2.09. The fourth-order valence-corrected chi connectivity index (χ4v) is 2.98. The third-order valence-corrected chi connectivity index (χ3v) is 4.12. The molecule has 0 unspecified atom stereocenters. The molecular formula is C14H13ClNO3S-. The molecule has 0 aliphatic rings. The van der Waals surface area contributed by atoms with Crippen molar-refractivity contribution in [3.63, 3.8) is 0 Å².